The maximum Gasteiger partial charge on any atom is 0.270 e. The third-order valence-electron chi connectivity index (χ3n) is 4.12. The van der Waals surface area contributed by atoms with E-state index in [0.29, 0.717) is 37.7 Å². The molecular formula is C18H19N3O5. The molecule has 0 unspecified atom stereocenters. The Balaban J connectivity index is 1.88. The predicted molar refractivity (Wildman–Crippen MR) is 97.1 cm³/mol. The second kappa shape index (κ2) is 7.83. The third kappa shape index (κ3) is 3.92. The van der Waals surface area contributed by atoms with Gasteiger partial charge in [-0.05, 0) is 18.2 Å². The molecule has 0 radical (unpaired) electrons. The molecule has 0 spiro atoms. The van der Waals surface area contributed by atoms with Crippen LogP contribution in [-0.4, -0.2) is 44.2 Å². The molecule has 136 valence electrons. The first-order chi connectivity index (χ1) is 12.6. The number of hydrogen-bond donors (Lipinski definition) is 1. The van der Waals surface area contributed by atoms with E-state index in [9.17, 15) is 14.9 Å². The molecule has 1 heterocycles. The molecule has 2 aromatic carbocycles. The Morgan fingerprint density at radius 3 is 2.69 bits per heavy atom. The lowest BCUT2D eigenvalue weighted by molar-refractivity contribution is -0.384. The van der Waals surface area contributed by atoms with Crippen LogP contribution in [0.25, 0.3) is 0 Å². The zero-order chi connectivity index (χ0) is 18.5. The van der Waals surface area contributed by atoms with Gasteiger partial charge in [-0.2, -0.15) is 0 Å². The number of methoxy groups -OCH3 is 1. The summed E-state index contributed by atoms with van der Waals surface area (Å²) in [6.45, 7) is 2.66. The number of hydrogen-bond acceptors (Lipinski definition) is 6. The summed E-state index contributed by atoms with van der Waals surface area (Å²) in [7, 11) is 1.55. The summed E-state index contributed by atoms with van der Waals surface area (Å²) in [6, 6.07) is 11.1. The van der Waals surface area contributed by atoms with Crippen LogP contribution in [0.5, 0.6) is 5.75 Å². The van der Waals surface area contributed by atoms with Gasteiger partial charge in [0.05, 0.1) is 36.6 Å². The number of amides is 1. The zero-order valence-electron chi connectivity index (χ0n) is 14.3. The number of nitro benzene ring substituents is 1. The Morgan fingerprint density at radius 2 is 2.00 bits per heavy atom. The van der Waals surface area contributed by atoms with Crippen LogP contribution in [0.1, 0.15) is 10.4 Å². The van der Waals surface area contributed by atoms with E-state index in [4.69, 9.17) is 9.47 Å². The van der Waals surface area contributed by atoms with Gasteiger partial charge in [0.1, 0.15) is 5.75 Å². The predicted octanol–water partition coefficient (Wildman–Crippen LogP) is 2.69. The van der Waals surface area contributed by atoms with E-state index in [1.807, 2.05) is 12.1 Å². The fourth-order valence-electron chi connectivity index (χ4n) is 2.78. The number of carbonyl (C=O) groups is 1. The van der Waals surface area contributed by atoms with Crippen molar-refractivity contribution in [2.24, 2.45) is 0 Å². The smallest absolute Gasteiger partial charge is 0.270 e. The molecular weight excluding hydrogens is 338 g/mol. The minimum atomic E-state index is -0.526. The largest absolute Gasteiger partial charge is 0.497 e. The fraction of sp³-hybridized carbons (Fsp3) is 0.278. The van der Waals surface area contributed by atoms with E-state index in [2.05, 4.69) is 10.2 Å². The molecule has 1 fully saturated rings. The van der Waals surface area contributed by atoms with Crippen molar-refractivity contribution in [3.63, 3.8) is 0 Å². The van der Waals surface area contributed by atoms with Gasteiger partial charge in [-0.1, -0.05) is 6.07 Å². The molecule has 8 nitrogen and oxygen atoms in total. The molecule has 1 N–H and O–H groups in total. The number of carbonyl (C=O) groups excluding carboxylic acids is 1. The van der Waals surface area contributed by atoms with Crippen LogP contribution >= 0.6 is 0 Å². The Hall–Kier alpha value is -3.13. The van der Waals surface area contributed by atoms with Crippen LogP contribution in [0.15, 0.2) is 42.5 Å². The maximum atomic E-state index is 12.6. The van der Waals surface area contributed by atoms with Crippen LogP contribution in [0.4, 0.5) is 17.1 Å². The Bertz CT molecular complexity index is 818. The molecule has 2 aromatic rings. The molecule has 0 aromatic heterocycles. The van der Waals surface area contributed by atoms with Crippen molar-refractivity contribution in [2.75, 3.05) is 43.6 Å². The van der Waals surface area contributed by atoms with Crippen LogP contribution in [0, 0.1) is 10.1 Å². The summed E-state index contributed by atoms with van der Waals surface area (Å²) in [5.41, 5.74) is 1.53. The summed E-state index contributed by atoms with van der Waals surface area (Å²) in [5, 5.41) is 13.8. The van der Waals surface area contributed by atoms with Crippen molar-refractivity contribution in [3.05, 3.63) is 58.1 Å². The topological polar surface area (TPSA) is 93.9 Å². The van der Waals surface area contributed by atoms with Gasteiger partial charge in [-0.3, -0.25) is 14.9 Å². The average molecular weight is 357 g/mol. The molecule has 0 saturated carbocycles. The van der Waals surface area contributed by atoms with Crippen LogP contribution in [0.2, 0.25) is 0 Å². The maximum absolute atomic E-state index is 12.6. The minimum absolute atomic E-state index is 0.128. The average Bonchev–Trinajstić information content (AvgIpc) is 2.68. The van der Waals surface area contributed by atoms with E-state index in [1.54, 1.807) is 13.2 Å². The van der Waals surface area contributed by atoms with E-state index in [-0.39, 0.29) is 11.3 Å². The quantitative estimate of drug-likeness (QED) is 0.653. The molecule has 26 heavy (non-hydrogen) atoms. The summed E-state index contributed by atoms with van der Waals surface area (Å²) in [5.74, 6) is 0.188. The molecule has 0 bridgehead atoms. The van der Waals surface area contributed by atoms with Gasteiger partial charge in [0, 0.05) is 36.9 Å². The van der Waals surface area contributed by atoms with Gasteiger partial charge in [-0.25, -0.2) is 0 Å². The zero-order valence-corrected chi connectivity index (χ0v) is 14.3. The van der Waals surface area contributed by atoms with Crippen molar-refractivity contribution in [1.29, 1.82) is 0 Å². The van der Waals surface area contributed by atoms with Gasteiger partial charge in [0.2, 0.25) is 0 Å². The Morgan fingerprint density at radius 1 is 1.23 bits per heavy atom. The number of rotatable bonds is 5. The summed E-state index contributed by atoms with van der Waals surface area (Å²) in [6.07, 6.45) is 0. The third-order valence-corrected chi connectivity index (χ3v) is 4.12. The first-order valence-electron chi connectivity index (χ1n) is 8.15. The highest BCUT2D eigenvalue weighted by Crippen LogP contribution is 2.31. The second-order valence-electron chi connectivity index (χ2n) is 5.74. The standard InChI is InChI=1S/C18H19N3O5/c1-25-15-5-6-17(20-7-9-26-10-8-20)16(12-15)19-18(22)13-3-2-4-14(11-13)21(23)24/h2-6,11-12H,7-10H2,1H3,(H,19,22). The fourth-order valence-corrected chi connectivity index (χ4v) is 2.78. The number of nitro groups is 1. The molecule has 0 atom stereocenters. The Kier molecular flexibility index (Phi) is 5.33. The highest BCUT2D eigenvalue weighted by atomic mass is 16.6. The van der Waals surface area contributed by atoms with Gasteiger partial charge in [-0.15, -0.1) is 0 Å². The van der Waals surface area contributed by atoms with Crippen molar-refractivity contribution < 1.29 is 19.2 Å². The number of morpholine rings is 1. The minimum Gasteiger partial charge on any atom is -0.497 e. The monoisotopic (exact) mass is 357 g/mol. The number of non-ortho nitro benzene ring substituents is 1. The van der Waals surface area contributed by atoms with Crippen molar-refractivity contribution >= 4 is 23.0 Å². The number of nitrogens with one attached hydrogen (secondary N) is 1. The van der Waals surface area contributed by atoms with Crippen molar-refractivity contribution in [3.8, 4) is 5.75 Å². The molecule has 1 saturated heterocycles. The molecule has 1 aliphatic rings. The number of nitrogens with zero attached hydrogens (tertiary/aromatic N) is 2. The SMILES string of the molecule is COc1ccc(N2CCOCC2)c(NC(=O)c2cccc([N+](=O)[O-])c2)c1. The number of ether oxygens (including phenoxy) is 2. The van der Waals surface area contributed by atoms with Crippen LogP contribution in [-0.2, 0) is 4.74 Å². The first kappa shape index (κ1) is 17.7. The molecule has 8 heteroatoms. The molecule has 1 aliphatic heterocycles. The second-order valence-corrected chi connectivity index (χ2v) is 5.74. The van der Waals surface area contributed by atoms with Gasteiger partial charge < -0.3 is 19.7 Å². The van der Waals surface area contributed by atoms with E-state index in [0.717, 1.165) is 5.69 Å². The molecule has 0 aliphatic carbocycles. The van der Waals surface area contributed by atoms with Gasteiger partial charge in [0.15, 0.2) is 0 Å². The van der Waals surface area contributed by atoms with E-state index < -0.39 is 10.8 Å². The normalized spacial score (nSPS) is 14.0. The highest BCUT2D eigenvalue weighted by Gasteiger charge is 2.18. The Labute approximate surface area is 150 Å². The lowest BCUT2D eigenvalue weighted by Crippen LogP contribution is -2.36. The molecule has 1 amide bonds. The van der Waals surface area contributed by atoms with Crippen LogP contribution < -0.4 is 15.0 Å². The van der Waals surface area contributed by atoms with Crippen LogP contribution in [0.3, 0.4) is 0 Å². The summed E-state index contributed by atoms with van der Waals surface area (Å²) >= 11 is 0. The summed E-state index contributed by atoms with van der Waals surface area (Å²) < 4.78 is 10.6. The van der Waals surface area contributed by atoms with Crippen molar-refractivity contribution in [2.45, 2.75) is 0 Å². The van der Waals surface area contributed by atoms with Gasteiger partial charge in [0.25, 0.3) is 11.6 Å². The lowest BCUT2D eigenvalue weighted by Gasteiger charge is -2.30. The number of benzene rings is 2. The van der Waals surface area contributed by atoms with Crippen molar-refractivity contribution in [1.82, 2.24) is 0 Å². The van der Waals surface area contributed by atoms with E-state index >= 15 is 0 Å². The van der Waals surface area contributed by atoms with Gasteiger partial charge >= 0.3 is 0 Å². The molecule has 3 rings (SSSR count). The first-order valence-corrected chi connectivity index (χ1v) is 8.15. The summed E-state index contributed by atoms with van der Waals surface area (Å²) in [4.78, 5) is 25.1. The lowest BCUT2D eigenvalue weighted by atomic mass is 10.1. The van der Waals surface area contributed by atoms with E-state index in [1.165, 1.54) is 24.3 Å². The number of anilines is 2. The highest BCUT2D eigenvalue weighted by molar-refractivity contribution is 6.06.